The average molecular weight is 609 g/mol. The predicted octanol–water partition coefficient (Wildman–Crippen LogP) is 0.569. The summed E-state index contributed by atoms with van der Waals surface area (Å²) in [5.41, 5.74) is -2.30. The largest absolute Gasteiger partial charge is 0.454 e. The van der Waals surface area contributed by atoms with Gasteiger partial charge in [0, 0.05) is 24.2 Å². The molecular weight excluding hydrogens is 564 g/mol. The Morgan fingerprint density at radius 3 is 2.49 bits per heavy atom. The van der Waals surface area contributed by atoms with Crippen molar-refractivity contribution < 1.29 is 58.4 Å². The van der Waals surface area contributed by atoms with Gasteiger partial charge in [-0.25, -0.2) is 0 Å². The molecule has 4 aliphatic heterocycles. The molecule has 0 aromatic rings. The lowest BCUT2D eigenvalue weighted by molar-refractivity contribution is -0.544. The topological polar surface area (TPSA) is 170 Å². The lowest BCUT2D eigenvalue weighted by atomic mass is 9.35. The van der Waals surface area contributed by atoms with Gasteiger partial charge in [0.05, 0.1) is 25.4 Å². The fourth-order valence-electron chi connectivity index (χ4n) is 10.6. The van der Waals surface area contributed by atoms with E-state index in [2.05, 4.69) is 20.4 Å². The smallest absolute Gasteiger partial charge is 0.303 e. The molecule has 240 valence electrons. The SMILES string of the molecule is C=C1C(=O)[C@@]23[C@@H]4OC(C)(C)O[C@]25OC[C@@]2([C@H]([C@@H]5O[C@@H]5O[C@H](CO)[C@H](O)[C@H](O)[C@H]5OC(C)=O)C(C)(C)CC[C@@H]2O)[C@@H]3CC[C@@H]14. The number of aliphatic hydroxyl groups excluding tert-OH is 4. The van der Waals surface area contributed by atoms with Crippen LogP contribution in [0.2, 0.25) is 0 Å². The highest BCUT2D eigenvalue weighted by Gasteiger charge is 2.90. The van der Waals surface area contributed by atoms with Crippen molar-refractivity contribution >= 4 is 11.8 Å². The van der Waals surface area contributed by atoms with E-state index >= 15 is 0 Å². The lowest BCUT2D eigenvalue weighted by Crippen LogP contribution is -2.89. The second-order valence-electron chi connectivity index (χ2n) is 14.9. The molecule has 4 saturated carbocycles. The zero-order chi connectivity index (χ0) is 31.1. The molecule has 43 heavy (non-hydrogen) atoms. The molecule has 0 unspecified atom stereocenters. The number of ether oxygens (including phenoxy) is 6. The molecule has 8 aliphatic rings. The van der Waals surface area contributed by atoms with Gasteiger partial charge in [0.1, 0.15) is 29.8 Å². The average Bonchev–Trinajstić information content (AvgIpc) is 3.04. The molecule has 0 aromatic heterocycles. The molecule has 4 heterocycles. The third kappa shape index (κ3) is 3.53. The first-order valence-corrected chi connectivity index (χ1v) is 15.5. The number of hydrogen-bond acceptors (Lipinski definition) is 12. The number of Topliss-reactive ketones (excluding diaryl/α,β-unsaturated/α-hetero) is 1. The summed E-state index contributed by atoms with van der Waals surface area (Å²) in [5.74, 6) is -4.91. The van der Waals surface area contributed by atoms with Crippen LogP contribution < -0.4 is 0 Å². The number of carbonyl (C=O) groups is 2. The molecule has 12 nitrogen and oxygen atoms in total. The number of carbonyl (C=O) groups excluding carboxylic acids is 2. The van der Waals surface area contributed by atoms with Crippen LogP contribution in [0.5, 0.6) is 0 Å². The fourth-order valence-corrected chi connectivity index (χ4v) is 10.6. The van der Waals surface area contributed by atoms with Crippen molar-refractivity contribution in [2.75, 3.05) is 13.2 Å². The molecule has 4 bridgehead atoms. The van der Waals surface area contributed by atoms with Gasteiger partial charge in [0.15, 0.2) is 24.0 Å². The second kappa shape index (κ2) is 9.29. The quantitative estimate of drug-likeness (QED) is 0.199. The number of fused-ring (bicyclic) bond motifs is 1. The lowest BCUT2D eigenvalue weighted by Gasteiger charge is -2.78. The number of ketones is 1. The molecule has 12 heteroatoms. The van der Waals surface area contributed by atoms with Gasteiger partial charge in [0.2, 0.25) is 5.79 Å². The van der Waals surface area contributed by atoms with Gasteiger partial charge in [-0.1, -0.05) is 20.4 Å². The second-order valence-corrected chi connectivity index (χ2v) is 14.9. The van der Waals surface area contributed by atoms with Gasteiger partial charge in [-0.05, 0) is 56.4 Å². The van der Waals surface area contributed by atoms with Crippen LogP contribution in [0.1, 0.15) is 60.3 Å². The molecule has 8 fully saturated rings. The Bertz CT molecular complexity index is 1230. The monoisotopic (exact) mass is 608 g/mol. The van der Waals surface area contributed by atoms with Crippen LogP contribution in [0.15, 0.2) is 12.2 Å². The van der Waals surface area contributed by atoms with Crippen molar-refractivity contribution in [1.82, 2.24) is 0 Å². The van der Waals surface area contributed by atoms with Crippen LogP contribution in [0.4, 0.5) is 0 Å². The molecular formula is C31H44O12. The zero-order valence-electron chi connectivity index (χ0n) is 25.4. The maximum absolute atomic E-state index is 14.6. The Hall–Kier alpha value is -1.48. The van der Waals surface area contributed by atoms with Gasteiger partial charge in [-0.2, -0.15) is 0 Å². The third-order valence-electron chi connectivity index (χ3n) is 12.0. The molecule has 0 radical (unpaired) electrons. The van der Waals surface area contributed by atoms with E-state index in [1.807, 2.05) is 0 Å². The van der Waals surface area contributed by atoms with Crippen molar-refractivity contribution in [2.45, 2.75) is 121 Å². The first-order chi connectivity index (χ1) is 20.1. The summed E-state index contributed by atoms with van der Waals surface area (Å²) < 4.78 is 38.5. The third-order valence-corrected chi connectivity index (χ3v) is 12.0. The number of esters is 1. The highest BCUT2D eigenvalue weighted by molar-refractivity contribution is 6.05. The van der Waals surface area contributed by atoms with Crippen LogP contribution in [0.25, 0.3) is 0 Å². The van der Waals surface area contributed by atoms with E-state index in [1.165, 1.54) is 0 Å². The molecule has 4 N–H and O–H groups in total. The minimum atomic E-state index is -1.71. The summed E-state index contributed by atoms with van der Waals surface area (Å²) in [4.78, 5) is 26.8. The summed E-state index contributed by atoms with van der Waals surface area (Å²) in [6.45, 7) is 12.6. The minimum Gasteiger partial charge on any atom is -0.454 e. The zero-order valence-corrected chi connectivity index (χ0v) is 25.4. The van der Waals surface area contributed by atoms with E-state index in [4.69, 9.17) is 28.4 Å². The van der Waals surface area contributed by atoms with Crippen LogP contribution in [0, 0.1) is 34.0 Å². The Balaban J connectivity index is 1.45. The Kier molecular flexibility index (Phi) is 6.52. The molecule has 0 amide bonds. The van der Waals surface area contributed by atoms with E-state index in [1.54, 1.807) is 13.8 Å². The summed E-state index contributed by atoms with van der Waals surface area (Å²) in [5, 5.41) is 43.6. The molecule has 4 aliphatic carbocycles. The summed E-state index contributed by atoms with van der Waals surface area (Å²) >= 11 is 0. The van der Waals surface area contributed by atoms with Crippen LogP contribution >= 0.6 is 0 Å². The van der Waals surface area contributed by atoms with Crippen molar-refractivity contribution in [3.63, 3.8) is 0 Å². The molecule has 4 saturated heterocycles. The van der Waals surface area contributed by atoms with Crippen molar-refractivity contribution in [3.05, 3.63) is 12.2 Å². The number of rotatable bonds is 4. The number of hydrogen-bond donors (Lipinski definition) is 4. The number of aliphatic hydroxyl groups is 4. The Morgan fingerprint density at radius 2 is 1.81 bits per heavy atom. The summed E-state index contributed by atoms with van der Waals surface area (Å²) in [6, 6.07) is 0. The van der Waals surface area contributed by atoms with Gasteiger partial charge in [-0.15, -0.1) is 0 Å². The van der Waals surface area contributed by atoms with E-state index in [-0.39, 0.29) is 24.2 Å². The maximum atomic E-state index is 14.6. The summed E-state index contributed by atoms with van der Waals surface area (Å²) in [7, 11) is 0. The highest BCUT2D eigenvalue weighted by Crippen LogP contribution is 2.79. The fraction of sp³-hybridized carbons (Fsp3) is 0.871. The molecule has 0 aromatic carbocycles. The van der Waals surface area contributed by atoms with E-state index in [9.17, 15) is 30.0 Å². The normalized spacial score (nSPS) is 54.1. The highest BCUT2D eigenvalue weighted by atomic mass is 16.8. The standard InChI is InChI=1S/C31H44O12/c1-13-15-7-8-17-29-12-38-31(30(17,23(13)37)24(15)42-28(5,6)43-31)25(22(29)27(3,4)10-9-18(29)34)41-26-21(39-14(2)33)20(36)19(35)16(11-32)40-26/h15-22,24-26,32,34-36H,1,7-12H2,2-6H3/t15-,16+,17-,18-,19-,20-,21+,22+,24+,25-,26-,29+,30-,31-/m0/s1. The van der Waals surface area contributed by atoms with Gasteiger partial charge < -0.3 is 48.8 Å². The van der Waals surface area contributed by atoms with Crippen molar-refractivity contribution in [1.29, 1.82) is 0 Å². The minimum absolute atomic E-state index is 0.140. The molecule has 14 atom stereocenters. The van der Waals surface area contributed by atoms with Crippen LogP contribution in [-0.4, -0.2) is 106 Å². The van der Waals surface area contributed by atoms with Crippen molar-refractivity contribution in [2.24, 2.45) is 34.0 Å². The molecule has 8 rings (SSSR count). The van der Waals surface area contributed by atoms with Crippen molar-refractivity contribution in [3.8, 4) is 0 Å². The predicted molar refractivity (Wildman–Crippen MR) is 145 cm³/mol. The van der Waals surface area contributed by atoms with Crippen LogP contribution in [0.3, 0.4) is 0 Å². The first kappa shape index (κ1) is 30.2. The first-order valence-electron chi connectivity index (χ1n) is 15.5. The Morgan fingerprint density at radius 1 is 1.09 bits per heavy atom. The van der Waals surface area contributed by atoms with E-state index < -0.39 is 95.3 Å². The summed E-state index contributed by atoms with van der Waals surface area (Å²) in [6.07, 6.45) is -7.44. The maximum Gasteiger partial charge on any atom is 0.303 e. The van der Waals surface area contributed by atoms with Gasteiger partial charge in [0.25, 0.3) is 0 Å². The Labute approximate surface area is 250 Å². The van der Waals surface area contributed by atoms with E-state index in [0.717, 1.165) is 6.92 Å². The van der Waals surface area contributed by atoms with Crippen LogP contribution in [-0.2, 0) is 38.0 Å². The van der Waals surface area contributed by atoms with E-state index in [0.29, 0.717) is 31.3 Å². The molecule has 3 spiro atoms. The van der Waals surface area contributed by atoms with Gasteiger partial charge >= 0.3 is 5.97 Å². The van der Waals surface area contributed by atoms with Gasteiger partial charge in [-0.3, -0.25) is 9.59 Å².